The molecule has 2 N–H and O–H groups in total. The van der Waals surface area contributed by atoms with E-state index in [2.05, 4.69) is 32.6 Å². The molecule has 2 unspecified atom stereocenters. The summed E-state index contributed by atoms with van der Waals surface area (Å²) in [6.45, 7) is 12.9. The molecule has 0 aromatic heterocycles. The number of cyclic esters (lactones) is 1. The summed E-state index contributed by atoms with van der Waals surface area (Å²) in [6, 6.07) is 0. The smallest absolute Gasteiger partial charge is 0.311 e. The Bertz CT molecular complexity index is 821. The molecule has 4 heteroatoms. The second-order valence-electron chi connectivity index (χ2n) is 12.0. The van der Waals surface area contributed by atoms with Crippen LogP contribution in [-0.2, 0) is 9.53 Å². The fraction of sp³-hybridized carbons (Fsp3) is 0.750. The van der Waals surface area contributed by atoms with E-state index in [0.29, 0.717) is 36.0 Å². The number of fused-ring (bicyclic) bond motifs is 1. The Hall–Kier alpha value is -1.39. The Morgan fingerprint density at radius 3 is 2.66 bits per heavy atom. The number of aliphatic hydroxyl groups excluding tert-OH is 2. The second kappa shape index (κ2) is 8.76. The molecule has 4 fully saturated rings. The zero-order chi connectivity index (χ0) is 23.3. The Labute approximate surface area is 193 Å². The summed E-state index contributed by atoms with van der Waals surface area (Å²) in [5.41, 5.74) is 3.23. The fourth-order valence-corrected chi connectivity index (χ4v) is 7.39. The third-order valence-corrected chi connectivity index (χ3v) is 9.19. The highest BCUT2D eigenvalue weighted by Gasteiger charge is 2.51. The van der Waals surface area contributed by atoms with E-state index in [9.17, 15) is 15.0 Å². The van der Waals surface area contributed by atoms with Crippen LogP contribution in [0.2, 0.25) is 0 Å². The molecular formula is C28H42O4. The van der Waals surface area contributed by atoms with Crippen molar-refractivity contribution in [3.8, 4) is 0 Å². The van der Waals surface area contributed by atoms with Crippen LogP contribution in [0.1, 0.15) is 85.5 Å². The molecule has 0 aromatic rings. The molecule has 3 aliphatic carbocycles. The highest BCUT2D eigenvalue weighted by molar-refractivity contribution is 5.78. The lowest BCUT2D eigenvalue weighted by Crippen LogP contribution is -2.36. The van der Waals surface area contributed by atoms with Gasteiger partial charge in [0.1, 0.15) is 6.10 Å². The third-order valence-electron chi connectivity index (χ3n) is 9.19. The lowest BCUT2D eigenvalue weighted by molar-refractivity contribution is -0.148. The van der Waals surface area contributed by atoms with Gasteiger partial charge in [0.15, 0.2) is 0 Å². The van der Waals surface area contributed by atoms with Gasteiger partial charge in [0.2, 0.25) is 0 Å². The van der Waals surface area contributed by atoms with E-state index in [1.165, 1.54) is 31.3 Å². The molecule has 1 saturated heterocycles. The summed E-state index contributed by atoms with van der Waals surface area (Å²) in [5, 5.41) is 20.2. The number of rotatable bonds is 4. The van der Waals surface area contributed by atoms with E-state index >= 15 is 0 Å². The molecule has 0 amide bonds. The molecule has 0 spiro atoms. The van der Waals surface area contributed by atoms with Crippen LogP contribution < -0.4 is 0 Å². The van der Waals surface area contributed by atoms with Crippen molar-refractivity contribution < 1.29 is 19.7 Å². The van der Waals surface area contributed by atoms with E-state index in [-0.39, 0.29) is 17.5 Å². The van der Waals surface area contributed by atoms with Gasteiger partial charge in [0.25, 0.3) is 0 Å². The van der Waals surface area contributed by atoms with Crippen LogP contribution in [0.3, 0.4) is 0 Å². The Morgan fingerprint density at radius 2 is 1.97 bits per heavy atom. The number of carbonyl (C=O) groups excluding carboxylic acids is 1. The van der Waals surface area contributed by atoms with E-state index in [1.807, 2.05) is 13.8 Å². The molecule has 0 radical (unpaired) electrons. The summed E-state index contributed by atoms with van der Waals surface area (Å²) in [4.78, 5) is 12.1. The standard InChI is InChI=1S/C28H42O4/c1-17(13-22-16-27(3,4)26(31)32-22)23-10-11-24-19(7-6-12-28(23,24)5)8-9-20-14-21(29)15-25(30)18(20)2/h8-9,17,21-25,29-30H,2,6-7,10-16H2,1,3-5H3/b19-8+,20-9-/t17-,21-,22?,23-,24?,25+,28-/m1/s1. The maximum atomic E-state index is 12.1. The van der Waals surface area contributed by atoms with Crippen molar-refractivity contribution in [3.05, 3.63) is 35.5 Å². The first-order valence-corrected chi connectivity index (χ1v) is 12.7. The number of hydrogen-bond acceptors (Lipinski definition) is 4. The highest BCUT2D eigenvalue weighted by Crippen LogP contribution is 2.60. The van der Waals surface area contributed by atoms with Crippen LogP contribution >= 0.6 is 0 Å². The minimum absolute atomic E-state index is 0.0410. The highest BCUT2D eigenvalue weighted by atomic mass is 16.6. The Morgan fingerprint density at radius 1 is 1.22 bits per heavy atom. The molecule has 32 heavy (non-hydrogen) atoms. The van der Waals surface area contributed by atoms with Gasteiger partial charge >= 0.3 is 5.97 Å². The molecule has 178 valence electrons. The van der Waals surface area contributed by atoms with Crippen molar-refractivity contribution in [2.45, 2.75) is 104 Å². The second-order valence-corrected chi connectivity index (χ2v) is 12.0. The molecular weight excluding hydrogens is 400 g/mol. The predicted molar refractivity (Wildman–Crippen MR) is 127 cm³/mol. The van der Waals surface area contributed by atoms with Crippen molar-refractivity contribution in [1.29, 1.82) is 0 Å². The lowest BCUT2D eigenvalue weighted by atomic mass is 9.60. The molecule has 3 saturated carbocycles. The van der Waals surface area contributed by atoms with Gasteiger partial charge in [-0.3, -0.25) is 4.79 Å². The molecule has 4 rings (SSSR count). The first-order chi connectivity index (χ1) is 15.0. The van der Waals surface area contributed by atoms with Gasteiger partial charge in [-0.2, -0.15) is 0 Å². The van der Waals surface area contributed by atoms with Gasteiger partial charge in [-0.15, -0.1) is 0 Å². The Balaban J connectivity index is 1.47. The molecule has 4 aliphatic rings. The minimum atomic E-state index is -0.633. The van der Waals surface area contributed by atoms with E-state index in [0.717, 1.165) is 30.4 Å². The van der Waals surface area contributed by atoms with Gasteiger partial charge in [-0.05, 0) is 99.5 Å². The summed E-state index contributed by atoms with van der Waals surface area (Å²) >= 11 is 0. The third kappa shape index (κ3) is 4.37. The summed E-state index contributed by atoms with van der Waals surface area (Å²) in [7, 11) is 0. The largest absolute Gasteiger partial charge is 0.462 e. The SMILES string of the molecule is C=C1/C(=C\C=C2/CCC[C@@]3(C)C2CC[C@@H]3[C@H](C)CC2CC(C)(C)C(=O)O2)C[C@@H](O)C[C@@H]1O. The fourth-order valence-electron chi connectivity index (χ4n) is 7.39. The van der Waals surface area contributed by atoms with Crippen molar-refractivity contribution in [2.24, 2.45) is 28.6 Å². The molecule has 7 atom stereocenters. The predicted octanol–water partition coefficient (Wildman–Crippen LogP) is 5.50. The molecule has 1 heterocycles. The normalized spacial score (nSPS) is 42.9. The zero-order valence-corrected chi connectivity index (χ0v) is 20.4. The van der Waals surface area contributed by atoms with Crippen molar-refractivity contribution in [2.75, 3.05) is 0 Å². The number of ether oxygens (including phenoxy) is 1. The monoisotopic (exact) mass is 442 g/mol. The maximum Gasteiger partial charge on any atom is 0.311 e. The molecule has 0 aromatic carbocycles. The summed E-state index contributed by atoms with van der Waals surface area (Å²) in [6.07, 6.45) is 12.2. The van der Waals surface area contributed by atoms with Gasteiger partial charge in [-0.25, -0.2) is 0 Å². The number of aliphatic hydroxyl groups is 2. The van der Waals surface area contributed by atoms with Crippen LogP contribution in [0.5, 0.6) is 0 Å². The first-order valence-electron chi connectivity index (χ1n) is 12.7. The van der Waals surface area contributed by atoms with Crippen molar-refractivity contribution in [3.63, 3.8) is 0 Å². The Kier molecular flexibility index (Phi) is 6.50. The number of esters is 1. The minimum Gasteiger partial charge on any atom is -0.462 e. The van der Waals surface area contributed by atoms with E-state index in [1.54, 1.807) is 0 Å². The lowest BCUT2D eigenvalue weighted by Gasteiger charge is -2.44. The molecule has 1 aliphatic heterocycles. The van der Waals surface area contributed by atoms with Crippen LogP contribution in [0.15, 0.2) is 35.5 Å². The van der Waals surface area contributed by atoms with Crippen LogP contribution in [0, 0.1) is 28.6 Å². The maximum absolute atomic E-state index is 12.1. The van der Waals surface area contributed by atoms with E-state index in [4.69, 9.17) is 4.74 Å². The average Bonchev–Trinajstić information content (AvgIpc) is 3.18. The van der Waals surface area contributed by atoms with Crippen LogP contribution in [0.4, 0.5) is 0 Å². The summed E-state index contributed by atoms with van der Waals surface area (Å²) in [5.74, 6) is 1.74. The van der Waals surface area contributed by atoms with Gasteiger partial charge in [0, 0.05) is 6.42 Å². The van der Waals surface area contributed by atoms with Crippen LogP contribution in [0.25, 0.3) is 0 Å². The van der Waals surface area contributed by atoms with E-state index < -0.39 is 12.2 Å². The zero-order valence-electron chi connectivity index (χ0n) is 20.4. The summed E-state index contributed by atoms with van der Waals surface area (Å²) < 4.78 is 5.72. The molecule has 0 bridgehead atoms. The first kappa shape index (κ1) is 23.8. The number of allylic oxidation sites excluding steroid dienone is 3. The molecule has 4 nitrogen and oxygen atoms in total. The van der Waals surface area contributed by atoms with Gasteiger partial charge in [-0.1, -0.05) is 38.2 Å². The van der Waals surface area contributed by atoms with Gasteiger partial charge < -0.3 is 14.9 Å². The van der Waals surface area contributed by atoms with Crippen molar-refractivity contribution >= 4 is 5.97 Å². The van der Waals surface area contributed by atoms with Crippen LogP contribution in [-0.4, -0.2) is 34.5 Å². The topological polar surface area (TPSA) is 66.8 Å². The number of carbonyl (C=O) groups is 1. The van der Waals surface area contributed by atoms with Crippen molar-refractivity contribution in [1.82, 2.24) is 0 Å². The van der Waals surface area contributed by atoms with Gasteiger partial charge in [0.05, 0.1) is 17.6 Å². The quantitative estimate of drug-likeness (QED) is 0.565. The average molecular weight is 443 g/mol. The number of hydrogen-bond donors (Lipinski definition) is 2.